The molecule has 0 aliphatic heterocycles. The van der Waals surface area contributed by atoms with E-state index < -0.39 is 15.6 Å². The van der Waals surface area contributed by atoms with Gasteiger partial charge in [-0.15, -0.1) is 0 Å². The second-order valence-electron chi connectivity index (χ2n) is 4.03. The number of hydrogen-bond acceptors (Lipinski definition) is 3. The predicted octanol–water partition coefficient (Wildman–Crippen LogP) is 2.76. The van der Waals surface area contributed by atoms with Crippen molar-refractivity contribution in [3.05, 3.63) is 29.3 Å². The fourth-order valence-electron chi connectivity index (χ4n) is 1.22. The highest BCUT2D eigenvalue weighted by Gasteiger charge is 2.44. The molecule has 1 aromatic carbocycles. The SMILES string of the molecule is Cc1cccc(N(C)C)c1C.O=S(=O)(O)C(F)(F)F. The van der Waals surface area contributed by atoms with Crippen LogP contribution in [-0.4, -0.2) is 32.6 Å². The van der Waals surface area contributed by atoms with Gasteiger partial charge in [0.05, 0.1) is 0 Å². The van der Waals surface area contributed by atoms with Crippen molar-refractivity contribution < 1.29 is 26.1 Å². The highest BCUT2D eigenvalue weighted by Crippen LogP contribution is 2.20. The molecule has 1 N–H and O–H groups in total. The van der Waals surface area contributed by atoms with Crippen molar-refractivity contribution >= 4 is 15.8 Å². The second-order valence-corrected chi connectivity index (χ2v) is 5.45. The second kappa shape index (κ2) is 6.25. The van der Waals surface area contributed by atoms with Crippen molar-refractivity contribution in [2.24, 2.45) is 0 Å². The van der Waals surface area contributed by atoms with Crippen LogP contribution in [0.5, 0.6) is 0 Å². The third-order valence-electron chi connectivity index (χ3n) is 2.35. The fraction of sp³-hybridized carbons (Fsp3) is 0.455. The lowest BCUT2D eigenvalue weighted by Crippen LogP contribution is -2.21. The molecule has 8 heteroatoms. The summed E-state index contributed by atoms with van der Waals surface area (Å²) in [6, 6.07) is 6.38. The molecule has 4 nitrogen and oxygen atoms in total. The van der Waals surface area contributed by atoms with E-state index in [0.717, 1.165) is 0 Å². The molecule has 0 amide bonds. The van der Waals surface area contributed by atoms with E-state index in [1.165, 1.54) is 16.8 Å². The van der Waals surface area contributed by atoms with Crippen LogP contribution < -0.4 is 4.90 Å². The molecule has 0 fully saturated rings. The molecule has 0 unspecified atom stereocenters. The van der Waals surface area contributed by atoms with Gasteiger partial charge < -0.3 is 4.90 Å². The first-order valence-corrected chi connectivity index (χ1v) is 6.59. The summed E-state index contributed by atoms with van der Waals surface area (Å²) >= 11 is 0. The van der Waals surface area contributed by atoms with Crippen LogP contribution in [0.25, 0.3) is 0 Å². The normalized spacial score (nSPS) is 11.6. The Morgan fingerprint density at radius 1 is 1.16 bits per heavy atom. The number of anilines is 1. The molecular formula is C11H16F3NO3S. The number of rotatable bonds is 1. The van der Waals surface area contributed by atoms with E-state index in [2.05, 4.69) is 51.0 Å². The van der Waals surface area contributed by atoms with Gasteiger partial charge in [0.2, 0.25) is 0 Å². The lowest BCUT2D eigenvalue weighted by molar-refractivity contribution is -0.0510. The molecule has 0 atom stereocenters. The average molecular weight is 299 g/mol. The van der Waals surface area contributed by atoms with Crippen molar-refractivity contribution in [3.63, 3.8) is 0 Å². The van der Waals surface area contributed by atoms with Gasteiger partial charge in [-0.05, 0) is 31.0 Å². The van der Waals surface area contributed by atoms with E-state index in [-0.39, 0.29) is 0 Å². The predicted molar refractivity (Wildman–Crippen MR) is 67.8 cm³/mol. The molecule has 1 rings (SSSR count). The summed E-state index contributed by atoms with van der Waals surface area (Å²) in [5.41, 5.74) is -1.49. The molecule has 0 spiro atoms. The molecular weight excluding hydrogens is 283 g/mol. The summed E-state index contributed by atoms with van der Waals surface area (Å²) in [6.45, 7) is 4.30. The summed E-state index contributed by atoms with van der Waals surface area (Å²) in [4.78, 5) is 2.14. The monoisotopic (exact) mass is 299 g/mol. The van der Waals surface area contributed by atoms with E-state index in [0.29, 0.717) is 0 Å². The van der Waals surface area contributed by atoms with Crippen molar-refractivity contribution in [2.45, 2.75) is 19.4 Å². The first-order chi connectivity index (χ1) is 8.38. The standard InChI is InChI=1S/C10H15N.CHF3O3S/c1-8-6-5-7-10(9(8)2)11(3)4;2-1(3,4)8(5,6)7/h5-7H,1-4H3;(H,5,6,7). The third-order valence-corrected chi connectivity index (χ3v) is 2.94. The zero-order valence-electron chi connectivity index (χ0n) is 11.0. The Kier molecular flexibility index (Phi) is 5.83. The zero-order valence-corrected chi connectivity index (χ0v) is 11.8. The van der Waals surface area contributed by atoms with E-state index in [4.69, 9.17) is 13.0 Å². The average Bonchev–Trinajstić information content (AvgIpc) is 2.19. The van der Waals surface area contributed by atoms with Gasteiger partial charge in [-0.25, -0.2) is 0 Å². The van der Waals surface area contributed by atoms with Gasteiger partial charge in [-0.3, -0.25) is 4.55 Å². The van der Waals surface area contributed by atoms with Crippen molar-refractivity contribution in [2.75, 3.05) is 19.0 Å². The molecule has 0 saturated carbocycles. The maximum absolute atomic E-state index is 10.7. The quantitative estimate of drug-likeness (QED) is 0.640. The molecule has 0 aliphatic rings. The molecule has 0 aliphatic carbocycles. The third kappa shape index (κ3) is 5.48. The summed E-state index contributed by atoms with van der Waals surface area (Å²) in [5.74, 6) is 0. The van der Waals surface area contributed by atoms with Crippen molar-refractivity contribution in [1.82, 2.24) is 0 Å². The van der Waals surface area contributed by atoms with Gasteiger partial charge in [0, 0.05) is 19.8 Å². The van der Waals surface area contributed by atoms with Crippen molar-refractivity contribution in [3.8, 4) is 0 Å². The van der Waals surface area contributed by atoms with E-state index in [1.54, 1.807) is 0 Å². The molecule has 19 heavy (non-hydrogen) atoms. The largest absolute Gasteiger partial charge is 0.522 e. The van der Waals surface area contributed by atoms with Crippen LogP contribution in [-0.2, 0) is 10.1 Å². The summed E-state index contributed by atoms with van der Waals surface area (Å²) in [5, 5.41) is 0. The lowest BCUT2D eigenvalue weighted by atomic mass is 10.1. The lowest BCUT2D eigenvalue weighted by Gasteiger charge is -2.16. The Morgan fingerprint density at radius 3 is 1.84 bits per heavy atom. The number of hydrogen-bond donors (Lipinski definition) is 1. The smallest absolute Gasteiger partial charge is 0.377 e. The first kappa shape index (κ1) is 17.7. The molecule has 0 bridgehead atoms. The van der Waals surface area contributed by atoms with Gasteiger partial charge in [0.25, 0.3) is 0 Å². The van der Waals surface area contributed by atoms with Crippen LogP contribution >= 0.6 is 0 Å². The van der Waals surface area contributed by atoms with Gasteiger partial charge in [0.15, 0.2) is 0 Å². The number of halogens is 3. The van der Waals surface area contributed by atoms with Gasteiger partial charge in [-0.2, -0.15) is 21.6 Å². The van der Waals surface area contributed by atoms with Crippen molar-refractivity contribution in [1.29, 1.82) is 0 Å². The number of aryl methyl sites for hydroxylation is 1. The summed E-state index contributed by atoms with van der Waals surface area (Å²) in [6.07, 6.45) is 0. The van der Waals surface area contributed by atoms with E-state index in [1.807, 2.05) is 0 Å². The first-order valence-electron chi connectivity index (χ1n) is 5.15. The number of benzene rings is 1. The van der Waals surface area contributed by atoms with Crippen LogP contribution in [0, 0.1) is 13.8 Å². The minimum atomic E-state index is -5.84. The Hall–Kier alpha value is -1.28. The highest BCUT2D eigenvalue weighted by molar-refractivity contribution is 7.86. The van der Waals surface area contributed by atoms with E-state index in [9.17, 15) is 13.2 Å². The fourth-order valence-corrected chi connectivity index (χ4v) is 1.22. The number of nitrogens with zero attached hydrogens (tertiary/aromatic N) is 1. The molecule has 0 heterocycles. The zero-order chi connectivity index (χ0) is 15.4. The molecule has 0 saturated heterocycles. The Bertz CT molecular complexity index is 524. The van der Waals surface area contributed by atoms with Crippen LogP contribution in [0.3, 0.4) is 0 Å². The Labute approximate surface area is 110 Å². The van der Waals surface area contributed by atoms with Crippen LogP contribution in [0.4, 0.5) is 18.9 Å². The maximum Gasteiger partial charge on any atom is 0.522 e. The number of alkyl halides is 3. The Balaban J connectivity index is 0.000000362. The van der Waals surface area contributed by atoms with Gasteiger partial charge >= 0.3 is 15.6 Å². The van der Waals surface area contributed by atoms with Gasteiger partial charge in [0.1, 0.15) is 0 Å². The molecule has 110 valence electrons. The highest BCUT2D eigenvalue weighted by atomic mass is 32.2. The maximum atomic E-state index is 10.7. The van der Waals surface area contributed by atoms with Gasteiger partial charge in [-0.1, -0.05) is 12.1 Å². The van der Waals surface area contributed by atoms with Crippen LogP contribution in [0.15, 0.2) is 18.2 Å². The minimum Gasteiger partial charge on any atom is -0.377 e. The summed E-state index contributed by atoms with van der Waals surface area (Å²) in [7, 11) is -1.70. The van der Waals surface area contributed by atoms with Crippen LogP contribution in [0.1, 0.15) is 11.1 Å². The Morgan fingerprint density at radius 2 is 1.58 bits per heavy atom. The minimum absolute atomic E-state index is 1.31. The molecule has 0 radical (unpaired) electrons. The van der Waals surface area contributed by atoms with E-state index >= 15 is 0 Å². The molecule has 1 aromatic rings. The van der Waals surface area contributed by atoms with Crippen LogP contribution in [0.2, 0.25) is 0 Å². The molecule has 0 aromatic heterocycles. The summed E-state index contributed by atoms with van der Waals surface area (Å²) < 4.78 is 57.5. The topological polar surface area (TPSA) is 57.6 Å².